The SMILES string of the molecule is O=C(NCc1ncoc1C(F)F)c1cccc(Cn2cc(COc3cccc(O)c3)nn2)c1. The molecule has 0 unspecified atom stereocenters. The average Bonchev–Trinajstić information content (AvgIpc) is 3.46. The second kappa shape index (κ2) is 9.90. The zero-order chi connectivity index (χ0) is 23.2. The number of phenols is 1. The average molecular weight is 455 g/mol. The Morgan fingerprint density at radius 1 is 1.21 bits per heavy atom. The van der Waals surface area contributed by atoms with Crippen LogP contribution in [0.4, 0.5) is 8.78 Å². The number of nitrogens with zero attached hydrogens (tertiary/aromatic N) is 4. The molecule has 1 amide bonds. The van der Waals surface area contributed by atoms with Crippen LogP contribution in [0.5, 0.6) is 11.5 Å². The van der Waals surface area contributed by atoms with Crippen LogP contribution in [0.3, 0.4) is 0 Å². The number of rotatable bonds is 9. The van der Waals surface area contributed by atoms with Gasteiger partial charge in [0.25, 0.3) is 12.3 Å². The smallest absolute Gasteiger partial charge is 0.297 e. The van der Waals surface area contributed by atoms with Crippen molar-refractivity contribution in [1.29, 1.82) is 0 Å². The molecule has 0 saturated carbocycles. The molecule has 0 aliphatic carbocycles. The fourth-order valence-electron chi connectivity index (χ4n) is 3.07. The first kappa shape index (κ1) is 21.9. The first-order valence-electron chi connectivity index (χ1n) is 9.86. The number of oxazole rings is 1. The molecule has 0 saturated heterocycles. The number of carbonyl (C=O) groups excluding carboxylic acids is 1. The fourth-order valence-corrected chi connectivity index (χ4v) is 3.07. The van der Waals surface area contributed by atoms with Crippen LogP contribution in [-0.2, 0) is 19.7 Å². The van der Waals surface area contributed by atoms with Crippen LogP contribution in [0.25, 0.3) is 0 Å². The summed E-state index contributed by atoms with van der Waals surface area (Å²) in [7, 11) is 0. The van der Waals surface area contributed by atoms with Gasteiger partial charge in [-0.2, -0.15) is 0 Å². The van der Waals surface area contributed by atoms with E-state index in [1.54, 1.807) is 47.3 Å². The maximum Gasteiger partial charge on any atom is 0.297 e. The molecule has 0 aliphatic heterocycles. The van der Waals surface area contributed by atoms with Gasteiger partial charge < -0.3 is 19.6 Å². The van der Waals surface area contributed by atoms with Crippen molar-refractivity contribution in [2.45, 2.75) is 26.1 Å². The molecule has 0 fully saturated rings. The Bertz CT molecular complexity index is 1240. The molecular weight excluding hydrogens is 436 g/mol. The highest BCUT2D eigenvalue weighted by Gasteiger charge is 2.19. The van der Waals surface area contributed by atoms with Crippen molar-refractivity contribution in [3.8, 4) is 11.5 Å². The van der Waals surface area contributed by atoms with Crippen molar-refractivity contribution in [2.24, 2.45) is 0 Å². The fraction of sp³-hybridized carbons (Fsp3) is 0.182. The first-order chi connectivity index (χ1) is 16.0. The summed E-state index contributed by atoms with van der Waals surface area (Å²) in [5.41, 5.74) is 1.73. The molecule has 0 spiro atoms. The topological polar surface area (TPSA) is 115 Å². The lowest BCUT2D eigenvalue weighted by Gasteiger charge is -2.07. The third-order valence-electron chi connectivity index (χ3n) is 4.61. The van der Waals surface area contributed by atoms with Gasteiger partial charge in [-0.25, -0.2) is 18.4 Å². The van der Waals surface area contributed by atoms with E-state index in [0.29, 0.717) is 23.6 Å². The molecule has 33 heavy (non-hydrogen) atoms. The highest BCUT2D eigenvalue weighted by molar-refractivity contribution is 5.94. The lowest BCUT2D eigenvalue weighted by molar-refractivity contribution is 0.0946. The summed E-state index contributed by atoms with van der Waals surface area (Å²) >= 11 is 0. The molecule has 0 aliphatic rings. The van der Waals surface area contributed by atoms with Gasteiger partial charge in [0.05, 0.1) is 19.3 Å². The number of phenolic OH excluding ortho intramolecular Hbond substituents is 1. The molecule has 0 atom stereocenters. The van der Waals surface area contributed by atoms with Gasteiger partial charge in [0, 0.05) is 11.6 Å². The summed E-state index contributed by atoms with van der Waals surface area (Å²) in [6.45, 7) is 0.360. The highest BCUT2D eigenvalue weighted by atomic mass is 19.3. The van der Waals surface area contributed by atoms with Gasteiger partial charge in [-0.05, 0) is 29.8 Å². The molecular formula is C22H19F2N5O4. The highest BCUT2D eigenvalue weighted by Crippen LogP contribution is 2.22. The molecule has 11 heteroatoms. The Kier molecular flexibility index (Phi) is 6.58. The monoisotopic (exact) mass is 455 g/mol. The Hall–Kier alpha value is -4.28. The number of alkyl halides is 2. The second-order valence-corrected chi connectivity index (χ2v) is 7.04. The molecule has 4 aromatic rings. The van der Waals surface area contributed by atoms with Gasteiger partial charge in [-0.3, -0.25) is 4.79 Å². The summed E-state index contributed by atoms with van der Waals surface area (Å²) < 4.78 is 37.5. The van der Waals surface area contributed by atoms with Gasteiger partial charge in [0.1, 0.15) is 29.5 Å². The van der Waals surface area contributed by atoms with E-state index in [4.69, 9.17) is 4.74 Å². The number of benzene rings is 2. The van der Waals surface area contributed by atoms with Crippen molar-refractivity contribution in [3.63, 3.8) is 0 Å². The summed E-state index contributed by atoms with van der Waals surface area (Å²) in [5.74, 6) is -0.372. The van der Waals surface area contributed by atoms with Crippen LogP contribution in [-0.4, -0.2) is 31.0 Å². The molecule has 2 heterocycles. The van der Waals surface area contributed by atoms with Gasteiger partial charge in [-0.15, -0.1) is 5.10 Å². The quantitative estimate of drug-likeness (QED) is 0.397. The van der Waals surface area contributed by atoms with Crippen LogP contribution in [0.2, 0.25) is 0 Å². The van der Waals surface area contributed by atoms with E-state index in [1.807, 2.05) is 6.07 Å². The minimum absolute atomic E-state index is 0.0161. The van der Waals surface area contributed by atoms with Crippen LogP contribution in [0.1, 0.15) is 39.5 Å². The number of ether oxygens (including phenoxy) is 1. The van der Waals surface area contributed by atoms with E-state index >= 15 is 0 Å². The number of amides is 1. The van der Waals surface area contributed by atoms with Crippen molar-refractivity contribution in [3.05, 3.63) is 89.4 Å². The van der Waals surface area contributed by atoms with Gasteiger partial charge in [0.2, 0.25) is 0 Å². The van der Waals surface area contributed by atoms with Gasteiger partial charge >= 0.3 is 0 Å². The summed E-state index contributed by atoms with van der Waals surface area (Å²) in [4.78, 5) is 16.2. The molecule has 0 bridgehead atoms. The lowest BCUT2D eigenvalue weighted by Crippen LogP contribution is -2.23. The maximum atomic E-state index is 12.8. The van der Waals surface area contributed by atoms with Crippen molar-refractivity contribution >= 4 is 5.91 Å². The zero-order valence-electron chi connectivity index (χ0n) is 17.2. The third kappa shape index (κ3) is 5.70. The third-order valence-corrected chi connectivity index (χ3v) is 4.61. The summed E-state index contributed by atoms with van der Waals surface area (Å²) in [6.07, 6.45) is -0.169. The molecule has 9 nitrogen and oxygen atoms in total. The predicted octanol–water partition coefficient (Wildman–Crippen LogP) is 3.47. The molecule has 4 rings (SSSR count). The number of hydrogen-bond acceptors (Lipinski definition) is 7. The van der Waals surface area contributed by atoms with Crippen molar-refractivity contribution < 1.29 is 27.8 Å². The Morgan fingerprint density at radius 2 is 2.06 bits per heavy atom. The normalized spacial score (nSPS) is 11.0. The number of aromatic hydroxyl groups is 1. The lowest BCUT2D eigenvalue weighted by atomic mass is 10.1. The standard InChI is InChI=1S/C22H19F2N5O4/c23-21(24)20-19(26-13-33-20)9-25-22(31)15-4-1-3-14(7-15)10-29-11-16(27-28-29)12-32-18-6-2-5-17(30)8-18/h1-8,11,13,21,30H,9-10,12H2,(H,25,31). The Labute approximate surface area is 186 Å². The minimum Gasteiger partial charge on any atom is -0.508 e. The number of aromatic nitrogens is 4. The minimum atomic E-state index is -2.81. The van der Waals surface area contributed by atoms with Crippen LogP contribution in [0.15, 0.2) is 65.5 Å². The van der Waals surface area contributed by atoms with Gasteiger partial charge in [-0.1, -0.05) is 23.4 Å². The Morgan fingerprint density at radius 3 is 2.88 bits per heavy atom. The molecule has 2 aromatic heterocycles. The molecule has 2 N–H and O–H groups in total. The maximum absolute atomic E-state index is 12.8. The van der Waals surface area contributed by atoms with Crippen LogP contribution < -0.4 is 10.1 Å². The van der Waals surface area contributed by atoms with E-state index in [0.717, 1.165) is 12.0 Å². The Balaban J connectivity index is 1.34. The summed E-state index contributed by atoms with van der Waals surface area (Å²) in [5, 5.41) is 20.2. The van der Waals surface area contributed by atoms with Crippen LogP contribution in [0, 0.1) is 0 Å². The van der Waals surface area contributed by atoms with E-state index in [2.05, 4.69) is 25.0 Å². The van der Waals surface area contributed by atoms with E-state index in [9.17, 15) is 18.7 Å². The van der Waals surface area contributed by atoms with Crippen molar-refractivity contribution in [2.75, 3.05) is 0 Å². The predicted molar refractivity (Wildman–Crippen MR) is 111 cm³/mol. The number of halogens is 2. The van der Waals surface area contributed by atoms with E-state index < -0.39 is 18.1 Å². The summed E-state index contributed by atoms with van der Waals surface area (Å²) in [6, 6.07) is 13.3. The van der Waals surface area contributed by atoms with Crippen LogP contribution >= 0.6 is 0 Å². The number of nitrogens with one attached hydrogen (secondary N) is 1. The second-order valence-electron chi connectivity index (χ2n) is 7.04. The number of carbonyl (C=O) groups is 1. The largest absolute Gasteiger partial charge is 0.508 e. The molecule has 2 aromatic carbocycles. The van der Waals surface area contributed by atoms with Gasteiger partial charge in [0.15, 0.2) is 12.2 Å². The molecule has 0 radical (unpaired) electrons. The van der Waals surface area contributed by atoms with E-state index in [-0.39, 0.29) is 24.6 Å². The van der Waals surface area contributed by atoms with Crippen molar-refractivity contribution in [1.82, 2.24) is 25.3 Å². The molecule has 170 valence electrons. The zero-order valence-corrected chi connectivity index (χ0v) is 17.2. The van der Waals surface area contributed by atoms with E-state index in [1.165, 1.54) is 6.07 Å². The number of hydrogen-bond donors (Lipinski definition) is 2. The first-order valence-corrected chi connectivity index (χ1v) is 9.86.